The molecular formula is C21H25N3O4. The number of amides is 3. The molecule has 7 nitrogen and oxygen atoms in total. The summed E-state index contributed by atoms with van der Waals surface area (Å²) in [5, 5.41) is 5.48. The van der Waals surface area contributed by atoms with Gasteiger partial charge in [-0.15, -0.1) is 0 Å². The fourth-order valence-corrected chi connectivity index (χ4v) is 3.17. The minimum absolute atomic E-state index is 0.110. The fraction of sp³-hybridized carbons (Fsp3) is 0.333. The highest BCUT2D eigenvalue weighted by atomic mass is 16.5. The van der Waals surface area contributed by atoms with Gasteiger partial charge in [-0.1, -0.05) is 6.07 Å². The lowest BCUT2D eigenvalue weighted by Gasteiger charge is -2.18. The molecule has 0 unspecified atom stereocenters. The number of hydrogen-bond donors (Lipinski definition) is 2. The van der Waals surface area contributed by atoms with Crippen LogP contribution in [0.4, 0.5) is 16.2 Å². The summed E-state index contributed by atoms with van der Waals surface area (Å²) >= 11 is 0. The van der Waals surface area contributed by atoms with Gasteiger partial charge in [0, 0.05) is 36.1 Å². The third kappa shape index (κ3) is 4.19. The van der Waals surface area contributed by atoms with Gasteiger partial charge >= 0.3 is 6.03 Å². The van der Waals surface area contributed by atoms with Crippen molar-refractivity contribution in [2.24, 2.45) is 0 Å². The lowest BCUT2D eigenvalue weighted by atomic mass is 10.1. The Balaban J connectivity index is 1.65. The molecule has 2 aromatic carbocycles. The number of urea groups is 1. The number of nitrogens with one attached hydrogen (secondary N) is 2. The Hall–Kier alpha value is -3.22. The first-order valence-corrected chi connectivity index (χ1v) is 9.10. The minimum Gasteiger partial charge on any atom is -0.497 e. The number of hydrogen-bond acceptors (Lipinski definition) is 4. The van der Waals surface area contributed by atoms with Crippen LogP contribution >= 0.6 is 0 Å². The summed E-state index contributed by atoms with van der Waals surface area (Å²) in [6.45, 7) is 4.62. The van der Waals surface area contributed by atoms with Crippen molar-refractivity contribution in [3.8, 4) is 11.5 Å². The molecule has 1 saturated heterocycles. The van der Waals surface area contributed by atoms with Crippen LogP contribution in [-0.4, -0.2) is 38.7 Å². The van der Waals surface area contributed by atoms with Gasteiger partial charge in [-0.2, -0.15) is 0 Å². The quantitative estimate of drug-likeness (QED) is 0.831. The number of nitrogens with zero attached hydrogens (tertiary/aromatic N) is 1. The van der Waals surface area contributed by atoms with Gasteiger partial charge in [0.05, 0.1) is 14.2 Å². The third-order valence-electron chi connectivity index (χ3n) is 4.92. The molecule has 1 atom stereocenters. The third-order valence-corrected chi connectivity index (χ3v) is 4.92. The number of benzene rings is 2. The Morgan fingerprint density at radius 3 is 2.32 bits per heavy atom. The molecule has 3 rings (SSSR count). The molecule has 0 bridgehead atoms. The van der Waals surface area contributed by atoms with Crippen LogP contribution in [0, 0.1) is 13.8 Å². The Labute approximate surface area is 164 Å². The summed E-state index contributed by atoms with van der Waals surface area (Å²) < 4.78 is 10.4. The number of anilines is 2. The van der Waals surface area contributed by atoms with Crippen LogP contribution in [0.15, 0.2) is 36.4 Å². The largest absolute Gasteiger partial charge is 0.497 e. The van der Waals surface area contributed by atoms with Gasteiger partial charge < -0.3 is 25.0 Å². The normalized spacial score (nSPS) is 16.1. The topological polar surface area (TPSA) is 79.9 Å². The molecule has 0 radical (unpaired) electrons. The summed E-state index contributed by atoms with van der Waals surface area (Å²) in [7, 11) is 3.08. The van der Waals surface area contributed by atoms with Gasteiger partial charge in [0.15, 0.2) is 0 Å². The summed E-state index contributed by atoms with van der Waals surface area (Å²) in [5.41, 5.74) is 3.69. The van der Waals surface area contributed by atoms with E-state index >= 15 is 0 Å². The standard InChI is InChI=1S/C21H25N3O4/c1-13-5-6-16(9-14(13)2)24-8-7-19(20(24)25)23-21(26)22-15-10-17(27-3)12-18(11-15)28-4/h5-6,9-12,19H,7-8H2,1-4H3,(H2,22,23,26)/t19-/m0/s1. The van der Waals surface area contributed by atoms with E-state index in [-0.39, 0.29) is 5.91 Å². The maximum atomic E-state index is 12.7. The number of rotatable bonds is 5. The van der Waals surface area contributed by atoms with Gasteiger partial charge in [0.25, 0.3) is 0 Å². The number of carbonyl (C=O) groups excluding carboxylic acids is 2. The summed E-state index contributed by atoms with van der Waals surface area (Å²) in [6.07, 6.45) is 0.556. The summed E-state index contributed by atoms with van der Waals surface area (Å²) in [6, 6.07) is 10.0. The first kappa shape index (κ1) is 19.5. The zero-order valence-corrected chi connectivity index (χ0v) is 16.5. The van der Waals surface area contributed by atoms with Crippen molar-refractivity contribution >= 4 is 23.3 Å². The maximum Gasteiger partial charge on any atom is 0.319 e. The fourth-order valence-electron chi connectivity index (χ4n) is 3.17. The molecule has 0 aliphatic carbocycles. The molecule has 1 heterocycles. The van der Waals surface area contributed by atoms with E-state index in [1.807, 2.05) is 32.0 Å². The Morgan fingerprint density at radius 1 is 1.04 bits per heavy atom. The summed E-state index contributed by atoms with van der Waals surface area (Å²) in [4.78, 5) is 26.8. The van der Waals surface area contributed by atoms with Crippen LogP contribution < -0.4 is 25.0 Å². The Bertz CT molecular complexity index is 875. The second kappa shape index (κ2) is 8.21. The smallest absolute Gasteiger partial charge is 0.319 e. The van der Waals surface area contributed by atoms with Gasteiger partial charge in [-0.3, -0.25) is 4.79 Å². The predicted molar refractivity (Wildman–Crippen MR) is 108 cm³/mol. The Morgan fingerprint density at radius 2 is 1.71 bits per heavy atom. The van der Waals surface area contributed by atoms with Crippen molar-refractivity contribution in [1.29, 1.82) is 0 Å². The molecule has 0 aromatic heterocycles. The average molecular weight is 383 g/mol. The molecule has 0 spiro atoms. The van der Waals surface area contributed by atoms with Crippen LogP contribution in [0.25, 0.3) is 0 Å². The Kier molecular flexibility index (Phi) is 5.73. The lowest BCUT2D eigenvalue weighted by molar-refractivity contribution is -0.118. The highest BCUT2D eigenvalue weighted by Crippen LogP contribution is 2.26. The minimum atomic E-state index is -0.561. The van der Waals surface area contributed by atoms with E-state index in [9.17, 15) is 9.59 Å². The second-order valence-corrected chi connectivity index (χ2v) is 6.80. The molecule has 1 aliphatic heterocycles. The first-order chi connectivity index (χ1) is 13.4. The average Bonchev–Trinajstić information content (AvgIpc) is 3.03. The molecule has 0 saturated carbocycles. The van der Waals surface area contributed by atoms with Crippen molar-refractivity contribution in [1.82, 2.24) is 5.32 Å². The lowest BCUT2D eigenvalue weighted by Crippen LogP contribution is -2.43. The van der Waals surface area contributed by atoms with E-state index in [1.54, 1.807) is 23.1 Å². The van der Waals surface area contributed by atoms with Crippen molar-refractivity contribution in [2.45, 2.75) is 26.3 Å². The molecular weight excluding hydrogens is 358 g/mol. The van der Waals surface area contributed by atoms with E-state index in [1.165, 1.54) is 19.8 Å². The molecule has 28 heavy (non-hydrogen) atoms. The predicted octanol–water partition coefficient (Wildman–Crippen LogP) is 3.25. The van der Waals surface area contributed by atoms with Crippen LogP contribution in [0.3, 0.4) is 0 Å². The van der Waals surface area contributed by atoms with Crippen LogP contribution in [0.5, 0.6) is 11.5 Å². The highest BCUT2D eigenvalue weighted by molar-refractivity contribution is 6.02. The maximum absolute atomic E-state index is 12.7. The van der Waals surface area contributed by atoms with Crippen molar-refractivity contribution in [3.05, 3.63) is 47.5 Å². The number of methoxy groups -OCH3 is 2. The monoisotopic (exact) mass is 383 g/mol. The molecule has 1 fully saturated rings. The SMILES string of the molecule is COc1cc(NC(=O)N[C@H]2CCN(c3ccc(C)c(C)c3)C2=O)cc(OC)c1. The number of aryl methyl sites for hydroxylation is 2. The molecule has 2 N–H and O–H groups in total. The molecule has 7 heteroatoms. The van der Waals surface area contributed by atoms with E-state index in [2.05, 4.69) is 10.6 Å². The molecule has 148 valence electrons. The first-order valence-electron chi connectivity index (χ1n) is 9.10. The van der Waals surface area contributed by atoms with E-state index in [0.717, 1.165) is 11.3 Å². The van der Waals surface area contributed by atoms with Gasteiger partial charge in [-0.05, 0) is 43.5 Å². The van der Waals surface area contributed by atoms with Gasteiger partial charge in [-0.25, -0.2) is 4.79 Å². The van der Waals surface area contributed by atoms with Crippen molar-refractivity contribution in [3.63, 3.8) is 0 Å². The van der Waals surface area contributed by atoms with E-state index in [4.69, 9.17) is 9.47 Å². The van der Waals surface area contributed by atoms with Gasteiger partial charge in [0.2, 0.25) is 5.91 Å². The van der Waals surface area contributed by atoms with Crippen LogP contribution in [0.1, 0.15) is 17.5 Å². The number of ether oxygens (including phenoxy) is 2. The summed E-state index contributed by atoms with van der Waals surface area (Å²) in [5.74, 6) is 1.02. The second-order valence-electron chi connectivity index (χ2n) is 6.80. The number of carbonyl (C=O) groups is 2. The van der Waals surface area contributed by atoms with Crippen molar-refractivity contribution in [2.75, 3.05) is 31.0 Å². The van der Waals surface area contributed by atoms with E-state index < -0.39 is 12.1 Å². The molecule has 3 amide bonds. The van der Waals surface area contributed by atoms with Crippen LogP contribution in [0.2, 0.25) is 0 Å². The van der Waals surface area contributed by atoms with Gasteiger partial charge in [0.1, 0.15) is 17.5 Å². The molecule has 2 aromatic rings. The highest BCUT2D eigenvalue weighted by Gasteiger charge is 2.33. The van der Waals surface area contributed by atoms with E-state index in [0.29, 0.717) is 30.2 Å². The zero-order valence-electron chi connectivity index (χ0n) is 16.5. The van der Waals surface area contributed by atoms with Crippen LogP contribution in [-0.2, 0) is 4.79 Å². The van der Waals surface area contributed by atoms with Crippen molar-refractivity contribution < 1.29 is 19.1 Å². The zero-order chi connectivity index (χ0) is 20.3. The molecule has 1 aliphatic rings.